The topological polar surface area (TPSA) is 101 Å². The van der Waals surface area contributed by atoms with Crippen LogP contribution in [0.4, 0.5) is 5.69 Å². The Morgan fingerprint density at radius 1 is 0.833 bits per heavy atom. The molecule has 3 rings (SSSR count). The fraction of sp³-hybridized carbons (Fsp3) is 0.130. The number of carbonyl (C=O) groups excluding carboxylic acids is 1. The minimum atomic E-state index is -3.80. The average molecular weight is 423 g/mol. The van der Waals surface area contributed by atoms with Gasteiger partial charge < -0.3 is 5.11 Å². The number of para-hydroxylation sites is 1. The maximum Gasteiger partial charge on any atom is 0.335 e. The van der Waals surface area contributed by atoms with E-state index in [9.17, 15) is 18.0 Å². The quantitative estimate of drug-likeness (QED) is 0.530. The molecule has 3 aromatic rings. The van der Waals surface area contributed by atoms with Gasteiger partial charge in [-0.15, -0.1) is 0 Å². The SMILES string of the molecule is CC(=O)c1ccc(S(=O)(=O)Nc2ccccc2CCc2ccc(C(=O)O)cc2)cc1. The van der Waals surface area contributed by atoms with E-state index in [-0.39, 0.29) is 16.2 Å². The van der Waals surface area contributed by atoms with E-state index in [0.29, 0.717) is 24.1 Å². The van der Waals surface area contributed by atoms with Crippen molar-refractivity contribution in [3.05, 3.63) is 95.1 Å². The van der Waals surface area contributed by atoms with Crippen LogP contribution in [0.2, 0.25) is 0 Å². The van der Waals surface area contributed by atoms with E-state index < -0.39 is 16.0 Å². The van der Waals surface area contributed by atoms with Crippen molar-refractivity contribution >= 4 is 27.5 Å². The molecule has 0 saturated carbocycles. The molecule has 30 heavy (non-hydrogen) atoms. The molecule has 0 heterocycles. The van der Waals surface area contributed by atoms with Gasteiger partial charge in [-0.1, -0.05) is 42.5 Å². The molecular formula is C23H21NO5S. The molecule has 7 heteroatoms. The van der Waals surface area contributed by atoms with Crippen molar-refractivity contribution in [2.75, 3.05) is 4.72 Å². The number of carbonyl (C=O) groups is 2. The lowest BCUT2D eigenvalue weighted by atomic mass is 10.0. The predicted molar refractivity (Wildman–Crippen MR) is 115 cm³/mol. The molecule has 0 aliphatic carbocycles. The molecule has 0 spiro atoms. The van der Waals surface area contributed by atoms with E-state index in [4.69, 9.17) is 5.11 Å². The third-order valence-corrected chi connectivity index (χ3v) is 6.10. The Morgan fingerprint density at radius 3 is 2.03 bits per heavy atom. The highest BCUT2D eigenvalue weighted by molar-refractivity contribution is 7.92. The zero-order valence-electron chi connectivity index (χ0n) is 16.3. The molecule has 0 aliphatic heterocycles. The Bertz CT molecular complexity index is 1170. The van der Waals surface area contributed by atoms with Gasteiger partial charge in [0, 0.05) is 5.56 Å². The molecule has 0 fully saturated rings. The number of nitrogens with one attached hydrogen (secondary N) is 1. The highest BCUT2D eigenvalue weighted by atomic mass is 32.2. The van der Waals surface area contributed by atoms with Crippen molar-refractivity contribution in [1.82, 2.24) is 0 Å². The first-order valence-corrected chi connectivity index (χ1v) is 10.8. The Morgan fingerprint density at radius 2 is 1.43 bits per heavy atom. The van der Waals surface area contributed by atoms with Gasteiger partial charge in [-0.3, -0.25) is 9.52 Å². The van der Waals surface area contributed by atoms with Gasteiger partial charge in [0.15, 0.2) is 5.78 Å². The highest BCUT2D eigenvalue weighted by Crippen LogP contribution is 2.22. The van der Waals surface area contributed by atoms with Crippen LogP contribution in [0.25, 0.3) is 0 Å². The van der Waals surface area contributed by atoms with Crippen LogP contribution >= 0.6 is 0 Å². The second kappa shape index (κ2) is 8.92. The first-order chi connectivity index (χ1) is 14.3. The Hall–Kier alpha value is -3.45. The smallest absolute Gasteiger partial charge is 0.335 e. The van der Waals surface area contributed by atoms with E-state index in [1.165, 1.54) is 31.2 Å². The van der Waals surface area contributed by atoms with Crippen molar-refractivity contribution in [2.24, 2.45) is 0 Å². The van der Waals surface area contributed by atoms with Gasteiger partial charge in [0.2, 0.25) is 0 Å². The minimum Gasteiger partial charge on any atom is -0.478 e. The number of ketones is 1. The van der Waals surface area contributed by atoms with Crippen molar-refractivity contribution in [3.8, 4) is 0 Å². The second-order valence-corrected chi connectivity index (χ2v) is 8.53. The third kappa shape index (κ3) is 5.12. The summed E-state index contributed by atoms with van der Waals surface area (Å²) >= 11 is 0. The van der Waals surface area contributed by atoms with Crippen LogP contribution in [0.3, 0.4) is 0 Å². The summed E-state index contributed by atoms with van der Waals surface area (Å²) in [6, 6.07) is 19.6. The van der Waals surface area contributed by atoms with Crippen molar-refractivity contribution in [1.29, 1.82) is 0 Å². The molecule has 0 saturated heterocycles. The summed E-state index contributed by atoms with van der Waals surface area (Å²) in [6.07, 6.45) is 1.21. The summed E-state index contributed by atoms with van der Waals surface area (Å²) in [5, 5.41) is 8.98. The minimum absolute atomic E-state index is 0.0755. The first kappa shape index (κ1) is 21.3. The molecule has 0 aliphatic rings. The van der Waals surface area contributed by atoms with Crippen LogP contribution in [0.5, 0.6) is 0 Å². The number of rotatable bonds is 8. The number of hydrogen-bond acceptors (Lipinski definition) is 4. The maximum atomic E-state index is 12.8. The molecule has 6 nitrogen and oxygen atoms in total. The number of Topliss-reactive ketones (excluding diaryl/α,β-unsaturated/α-hetero) is 1. The van der Waals surface area contributed by atoms with Crippen LogP contribution in [-0.4, -0.2) is 25.3 Å². The predicted octanol–water partition coefficient (Wildman–Crippen LogP) is 4.17. The van der Waals surface area contributed by atoms with Crippen LogP contribution in [-0.2, 0) is 22.9 Å². The molecule has 0 unspecified atom stereocenters. The normalized spacial score (nSPS) is 11.1. The Kier molecular flexibility index (Phi) is 6.32. The van der Waals surface area contributed by atoms with Crippen LogP contribution < -0.4 is 4.72 Å². The van der Waals surface area contributed by atoms with E-state index in [1.807, 2.05) is 12.1 Å². The molecule has 154 valence electrons. The maximum absolute atomic E-state index is 12.8. The molecule has 0 aromatic heterocycles. The third-order valence-electron chi connectivity index (χ3n) is 4.72. The molecule has 0 atom stereocenters. The van der Waals surface area contributed by atoms with Crippen molar-refractivity contribution < 1.29 is 23.1 Å². The monoisotopic (exact) mass is 423 g/mol. The molecule has 0 bridgehead atoms. The van der Waals surface area contributed by atoms with Crippen molar-refractivity contribution in [3.63, 3.8) is 0 Å². The van der Waals surface area contributed by atoms with E-state index in [2.05, 4.69) is 4.72 Å². The summed E-state index contributed by atoms with van der Waals surface area (Å²) in [7, 11) is -3.80. The van der Waals surface area contributed by atoms with Gasteiger partial charge in [-0.05, 0) is 61.2 Å². The summed E-state index contributed by atoms with van der Waals surface area (Å²) in [6.45, 7) is 1.42. The largest absolute Gasteiger partial charge is 0.478 e. The second-order valence-electron chi connectivity index (χ2n) is 6.85. The van der Waals surface area contributed by atoms with Gasteiger partial charge in [0.05, 0.1) is 16.1 Å². The first-order valence-electron chi connectivity index (χ1n) is 9.30. The molecule has 0 radical (unpaired) electrons. The fourth-order valence-corrected chi connectivity index (χ4v) is 4.10. The molecule has 3 aromatic carbocycles. The summed E-state index contributed by atoms with van der Waals surface area (Å²) in [4.78, 5) is 22.4. The lowest BCUT2D eigenvalue weighted by Crippen LogP contribution is -2.14. The number of hydrogen-bond donors (Lipinski definition) is 2. The summed E-state index contributed by atoms with van der Waals surface area (Å²) < 4.78 is 28.1. The van der Waals surface area contributed by atoms with Gasteiger partial charge in [-0.25, -0.2) is 13.2 Å². The number of carboxylic acids is 1. The number of carboxylic acid groups (broad SMARTS) is 1. The molecule has 0 amide bonds. The van der Waals surface area contributed by atoms with Gasteiger partial charge in [0.25, 0.3) is 10.0 Å². The molecule has 2 N–H and O–H groups in total. The van der Waals surface area contributed by atoms with Crippen molar-refractivity contribution in [2.45, 2.75) is 24.7 Å². The van der Waals surface area contributed by atoms with Crippen LogP contribution in [0.15, 0.2) is 77.7 Å². The van der Waals surface area contributed by atoms with E-state index in [0.717, 1.165) is 11.1 Å². The Balaban J connectivity index is 1.75. The number of benzene rings is 3. The lowest BCUT2D eigenvalue weighted by molar-refractivity contribution is 0.0696. The Labute approximate surface area is 175 Å². The standard InChI is InChI=1S/C23H21NO5S/c1-16(25)18-12-14-21(15-13-18)30(28,29)24-22-5-3-2-4-19(22)9-6-17-7-10-20(11-8-17)23(26)27/h2-5,7-8,10-15,24H,6,9H2,1H3,(H,26,27). The fourth-order valence-electron chi connectivity index (χ4n) is 3.00. The van der Waals surface area contributed by atoms with Crippen LogP contribution in [0.1, 0.15) is 38.8 Å². The van der Waals surface area contributed by atoms with Crippen LogP contribution in [0, 0.1) is 0 Å². The highest BCUT2D eigenvalue weighted by Gasteiger charge is 2.16. The van der Waals surface area contributed by atoms with E-state index >= 15 is 0 Å². The lowest BCUT2D eigenvalue weighted by Gasteiger charge is -2.13. The summed E-state index contributed by atoms with van der Waals surface area (Å²) in [5.74, 6) is -1.11. The molecular weight excluding hydrogens is 402 g/mol. The number of aryl methyl sites for hydroxylation is 2. The van der Waals surface area contributed by atoms with Gasteiger partial charge >= 0.3 is 5.97 Å². The van der Waals surface area contributed by atoms with Gasteiger partial charge in [0.1, 0.15) is 0 Å². The zero-order valence-corrected chi connectivity index (χ0v) is 17.1. The summed E-state index contributed by atoms with van der Waals surface area (Å²) in [5.41, 5.74) is 2.93. The van der Waals surface area contributed by atoms with E-state index in [1.54, 1.807) is 36.4 Å². The zero-order chi connectivity index (χ0) is 21.7. The number of anilines is 1. The van der Waals surface area contributed by atoms with Gasteiger partial charge in [-0.2, -0.15) is 0 Å². The number of sulfonamides is 1. The number of aromatic carboxylic acids is 1. The average Bonchev–Trinajstić information content (AvgIpc) is 2.73.